The van der Waals surface area contributed by atoms with Gasteiger partial charge >= 0.3 is 0 Å². The van der Waals surface area contributed by atoms with E-state index in [0.717, 1.165) is 25.0 Å². The largest absolute Gasteiger partial charge is 0.352 e. The Bertz CT molecular complexity index is 815. The number of allylic oxidation sites excluding steroid dienone is 1. The number of carbonyl (C=O) groups excluding carboxylic acids is 2. The summed E-state index contributed by atoms with van der Waals surface area (Å²) >= 11 is 0. The number of amides is 2. The monoisotopic (exact) mass is 363 g/mol. The van der Waals surface area contributed by atoms with E-state index >= 15 is 0 Å². The predicted molar refractivity (Wildman–Crippen MR) is 105 cm³/mol. The fraction of sp³-hybridized carbons (Fsp3) is 0.318. The minimum atomic E-state index is -0.220. The molecular weight excluding hydrogens is 338 g/mol. The molecule has 1 aliphatic rings. The molecule has 0 saturated heterocycles. The van der Waals surface area contributed by atoms with Gasteiger partial charge in [-0.1, -0.05) is 23.8 Å². The van der Waals surface area contributed by atoms with Gasteiger partial charge < -0.3 is 10.6 Å². The number of carbonyl (C=O) groups is 2. The third-order valence-electron chi connectivity index (χ3n) is 4.66. The van der Waals surface area contributed by atoms with Crippen molar-refractivity contribution in [2.45, 2.75) is 38.6 Å². The lowest BCUT2D eigenvalue weighted by molar-refractivity contribution is 0.0950. The van der Waals surface area contributed by atoms with Gasteiger partial charge in [0.05, 0.1) is 12.2 Å². The summed E-state index contributed by atoms with van der Waals surface area (Å²) in [4.78, 5) is 28.9. The average molecular weight is 363 g/mol. The predicted octanol–water partition coefficient (Wildman–Crippen LogP) is 3.63. The van der Waals surface area contributed by atoms with Crippen molar-refractivity contribution in [3.63, 3.8) is 0 Å². The van der Waals surface area contributed by atoms with Crippen molar-refractivity contribution in [1.82, 2.24) is 15.6 Å². The van der Waals surface area contributed by atoms with E-state index in [0.29, 0.717) is 24.2 Å². The fourth-order valence-electron chi connectivity index (χ4n) is 3.15. The van der Waals surface area contributed by atoms with Crippen LogP contribution in [-0.2, 0) is 6.54 Å². The third kappa shape index (κ3) is 5.78. The van der Waals surface area contributed by atoms with E-state index in [1.165, 1.54) is 18.4 Å². The van der Waals surface area contributed by atoms with E-state index in [4.69, 9.17) is 0 Å². The van der Waals surface area contributed by atoms with Gasteiger partial charge in [0, 0.05) is 23.9 Å². The third-order valence-corrected chi connectivity index (χ3v) is 4.66. The van der Waals surface area contributed by atoms with Crippen LogP contribution in [0.5, 0.6) is 0 Å². The van der Waals surface area contributed by atoms with Gasteiger partial charge in [-0.15, -0.1) is 0 Å². The summed E-state index contributed by atoms with van der Waals surface area (Å²) in [6.45, 7) is 0.978. The molecule has 2 aromatic rings. The van der Waals surface area contributed by atoms with Crippen molar-refractivity contribution in [2.75, 3.05) is 6.54 Å². The number of rotatable bonds is 7. The molecule has 0 bridgehead atoms. The second-order valence-corrected chi connectivity index (χ2v) is 6.70. The first-order valence-corrected chi connectivity index (χ1v) is 9.46. The van der Waals surface area contributed by atoms with E-state index in [2.05, 4.69) is 21.7 Å². The van der Waals surface area contributed by atoms with E-state index in [9.17, 15) is 9.59 Å². The van der Waals surface area contributed by atoms with Crippen LogP contribution in [0.2, 0.25) is 0 Å². The molecule has 3 rings (SSSR count). The number of benzene rings is 1. The van der Waals surface area contributed by atoms with Crippen LogP contribution in [0.3, 0.4) is 0 Å². The molecular formula is C22H25N3O2. The molecule has 140 valence electrons. The fourth-order valence-corrected chi connectivity index (χ4v) is 3.15. The lowest BCUT2D eigenvalue weighted by Crippen LogP contribution is -2.26. The minimum Gasteiger partial charge on any atom is -0.352 e. The second kappa shape index (κ2) is 9.67. The maximum Gasteiger partial charge on any atom is 0.251 e. The molecule has 5 nitrogen and oxygen atoms in total. The molecule has 1 heterocycles. The summed E-state index contributed by atoms with van der Waals surface area (Å²) in [5.41, 5.74) is 3.19. The van der Waals surface area contributed by atoms with Gasteiger partial charge in [-0.2, -0.15) is 0 Å². The van der Waals surface area contributed by atoms with Crippen LogP contribution < -0.4 is 10.6 Å². The number of hydrogen-bond acceptors (Lipinski definition) is 3. The molecule has 0 fully saturated rings. The van der Waals surface area contributed by atoms with Gasteiger partial charge in [-0.05, 0) is 62.4 Å². The summed E-state index contributed by atoms with van der Waals surface area (Å²) in [5, 5.41) is 5.78. The number of nitrogens with one attached hydrogen (secondary N) is 2. The normalized spacial score (nSPS) is 13.6. The number of nitrogens with zero attached hydrogens (tertiary/aromatic N) is 1. The molecule has 2 N–H and O–H groups in total. The van der Waals surface area contributed by atoms with Crippen LogP contribution in [-0.4, -0.2) is 23.3 Å². The number of aromatic nitrogens is 1. The Balaban J connectivity index is 1.51. The first kappa shape index (κ1) is 18.8. The van der Waals surface area contributed by atoms with Crippen LogP contribution in [0.4, 0.5) is 0 Å². The lowest BCUT2D eigenvalue weighted by atomic mass is 9.97. The van der Waals surface area contributed by atoms with Crippen molar-refractivity contribution in [1.29, 1.82) is 0 Å². The first-order valence-electron chi connectivity index (χ1n) is 9.46. The van der Waals surface area contributed by atoms with Gasteiger partial charge in [0.25, 0.3) is 11.8 Å². The molecule has 2 amide bonds. The summed E-state index contributed by atoms with van der Waals surface area (Å²) in [6.07, 6.45) is 9.69. The van der Waals surface area contributed by atoms with Crippen molar-refractivity contribution in [3.05, 3.63) is 77.1 Å². The highest BCUT2D eigenvalue weighted by molar-refractivity contribution is 5.99. The number of pyridine rings is 1. The van der Waals surface area contributed by atoms with Gasteiger partial charge in [0.1, 0.15) is 0 Å². The van der Waals surface area contributed by atoms with Crippen molar-refractivity contribution in [2.24, 2.45) is 0 Å². The molecule has 1 aromatic carbocycles. The Hall–Kier alpha value is -2.95. The van der Waals surface area contributed by atoms with Crippen LogP contribution in [0.25, 0.3) is 0 Å². The molecule has 0 aliphatic heterocycles. The Labute approximate surface area is 159 Å². The van der Waals surface area contributed by atoms with E-state index in [1.807, 2.05) is 18.2 Å². The molecule has 0 saturated carbocycles. The van der Waals surface area contributed by atoms with Crippen molar-refractivity contribution in [3.8, 4) is 0 Å². The summed E-state index contributed by atoms with van der Waals surface area (Å²) in [6, 6.07) is 12.4. The smallest absolute Gasteiger partial charge is 0.251 e. The van der Waals surface area contributed by atoms with Gasteiger partial charge in [0.15, 0.2) is 0 Å². The topological polar surface area (TPSA) is 71.1 Å². The van der Waals surface area contributed by atoms with Gasteiger partial charge in [-0.3, -0.25) is 14.6 Å². The quantitative estimate of drug-likeness (QED) is 0.738. The SMILES string of the molecule is O=C(NCCC1=CCCCC1)c1cccc(C(=O)NCc2ccccn2)c1. The van der Waals surface area contributed by atoms with E-state index in [-0.39, 0.29) is 11.8 Å². The molecule has 1 aromatic heterocycles. The Morgan fingerprint density at radius 3 is 2.48 bits per heavy atom. The standard InChI is InChI=1S/C22H25N3O2/c26-21(24-14-12-17-7-2-1-3-8-17)18-9-6-10-19(15-18)22(27)25-16-20-11-4-5-13-23-20/h4-7,9-11,13,15H,1-3,8,12,14,16H2,(H,24,26)(H,25,27). The molecule has 1 aliphatic carbocycles. The average Bonchev–Trinajstić information content (AvgIpc) is 2.73. The lowest BCUT2D eigenvalue weighted by Gasteiger charge is -2.13. The zero-order valence-corrected chi connectivity index (χ0v) is 15.4. The molecule has 27 heavy (non-hydrogen) atoms. The van der Waals surface area contributed by atoms with Crippen LogP contribution in [0.15, 0.2) is 60.3 Å². The Morgan fingerprint density at radius 1 is 0.963 bits per heavy atom. The van der Waals surface area contributed by atoms with Crippen molar-refractivity contribution < 1.29 is 9.59 Å². The maximum atomic E-state index is 12.4. The Morgan fingerprint density at radius 2 is 1.78 bits per heavy atom. The van der Waals surface area contributed by atoms with Gasteiger partial charge in [-0.25, -0.2) is 0 Å². The second-order valence-electron chi connectivity index (χ2n) is 6.70. The zero-order valence-electron chi connectivity index (χ0n) is 15.4. The highest BCUT2D eigenvalue weighted by Crippen LogP contribution is 2.19. The molecule has 0 spiro atoms. The van der Waals surface area contributed by atoms with Crippen LogP contribution >= 0.6 is 0 Å². The van der Waals surface area contributed by atoms with Crippen LogP contribution in [0.1, 0.15) is 58.5 Å². The minimum absolute atomic E-state index is 0.147. The molecule has 0 radical (unpaired) electrons. The first-order chi connectivity index (χ1) is 13.2. The number of hydrogen-bond donors (Lipinski definition) is 2. The highest BCUT2D eigenvalue weighted by atomic mass is 16.2. The van der Waals surface area contributed by atoms with E-state index in [1.54, 1.807) is 30.5 Å². The summed E-state index contributed by atoms with van der Waals surface area (Å²) in [7, 11) is 0. The van der Waals surface area contributed by atoms with E-state index < -0.39 is 0 Å². The Kier molecular flexibility index (Phi) is 6.74. The summed E-state index contributed by atoms with van der Waals surface area (Å²) < 4.78 is 0. The molecule has 5 heteroatoms. The molecule has 0 atom stereocenters. The highest BCUT2D eigenvalue weighted by Gasteiger charge is 2.11. The summed E-state index contributed by atoms with van der Waals surface area (Å²) in [5.74, 6) is -0.367. The zero-order chi connectivity index (χ0) is 18.9. The molecule has 0 unspecified atom stereocenters. The maximum absolute atomic E-state index is 12.4. The van der Waals surface area contributed by atoms with Crippen LogP contribution in [0, 0.1) is 0 Å². The van der Waals surface area contributed by atoms with Crippen molar-refractivity contribution >= 4 is 11.8 Å². The van der Waals surface area contributed by atoms with Gasteiger partial charge in [0.2, 0.25) is 0 Å².